The molecule has 0 aromatic heterocycles. The Hall–Kier alpha value is -1.22. The van der Waals surface area contributed by atoms with Crippen LogP contribution in [0.15, 0.2) is 36.4 Å². The second kappa shape index (κ2) is 3.91. The van der Waals surface area contributed by atoms with Crippen LogP contribution in [-0.2, 0) is 0 Å². The molecule has 86 valence electrons. The van der Waals surface area contributed by atoms with Crippen LogP contribution in [0.5, 0.6) is 11.5 Å². The molecule has 1 heterocycles. The molecule has 0 saturated carbocycles. The minimum Gasteiger partial charge on any atom is -0.456 e. The zero-order chi connectivity index (χ0) is 12.0. The van der Waals surface area contributed by atoms with Gasteiger partial charge in [-0.25, -0.2) is 0 Å². The fraction of sp³-hybridized carbons (Fsp3) is 0.0769. The molecule has 1 N–H and O–H groups in total. The highest BCUT2D eigenvalue weighted by atomic mass is 35.5. The van der Waals surface area contributed by atoms with Crippen molar-refractivity contribution in [3.05, 3.63) is 57.6 Å². The van der Waals surface area contributed by atoms with Crippen molar-refractivity contribution in [3.8, 4) is 11.5 Å². The molecular weight excluding hydrogens is 259 g/mol. The molecule has 1 aliphatic heterocycles. The third-order valence-electron chi connectivity index (χ3n) is 2.78. The van der Waals surface area contributed by atoms with E-state index >= 15 is 0 Å². The number of ether oxygens (including phenoxy) is 1. The molecule has 1 atom stereocenters. The zero-order valence-electron chi connectivity index (χ0n) is 8.65. The molecule has 1 aliphatic rings. The van der Waals surface area contributed by atoms with Gasteiger partial charge in [0, 0.05) is 16.1 Å². The molecule has 2 nitrogen and oxygen atoms in total. The lowest BCUT2D eigenvalue weighted by molar-refractivity contribution is 0.203. The predicted molar refractivity (Wildman–Crippen MR) is 67.0 cm³/mol. The minimum absolute atomic E-state index is 0.496. The maximum absolute atomic E-state index is 10.3. The molecule has 0 amide bonds. The number of fused-ring (bicyclic) bond motifs is 2. The Balaban J connectivity index is 2.21. The third kappa shape index (κ3) is 1.69. The smallest absolute Gasteiger partial charge is 0.135 e. The van der Waals surface area contributed by atoms with Crippen molar-refractivity contribution >= 4 is 23.2 Å². The number of hydrogen-bond donors (Lipinski definition) is 1. The Morgan fingerprint density at radius 3 is 2.71 bits per heavy atom. The van der Waals surface area contributed by atoms with Gasteiger partial charge in [0.25, 0.3) is 0 Å². The standard InChI is InChI=1S/C13H8Cl2O2/c14-7-4-5-8-11(6-7)17-10-3-1-2-9(15)12(10)13(8)16/h1-6,13,16H. The molecule has 3 rings (SSSR count). The summed E-state index contributed by atoms with van der Waals surface area (Å²) in [4.78, 5) is 0. The Kier molecular flexibility index (Phi) is 2.51. The summed E-state index contributed by atoms with van der Waals surface area (Å²) < 4.78 is 5.68. The van der Waals surface area contributed by atoms with E-state index < -0.39 is 6.10 Å². The lowest BCUT2D eigenvalue weighted by atomic mass is 9.97. The zero-order valence-corrected chi connectivity index (χ0v) is 10.2. The Morgan fingerprint density at radius 2 is 1.88 bits per heavy atom. The number of rotatable bonds is 0. The van der Waals surface area contributed by atoms with Crippen LogP contribution in [0.4, 0.5) is 0 Å². The van der Waals surface area contributed by atoms with Crippen molar-refractivity contribution in [1.29, 1.82) is 0 Å². The molecule has 2 aromatic rings. The van der Waals surface area contributed by atoms with Gasteiger partial charge in [-0.1, -0.05) is 35.3 Å². The molecule has 0 bridgehead atoms. The van der Waals surface area contributed by atoms with E-state index in [2.05, 4.69) is 0 Å². The number of aliphatic hydroxyl groups excluding tert-OH is 1. The summed E-state index contributed by atoms with van der Waals surface area (Å²) in [5, 5.41) is 11.3. The lowest BCUT2D eigenvalue weighted by Gasteiger charge is -2.25. The summed E-state index contributed by atoms with van der Waals surface area (Å²) in [7, 11) is 0. The van der Waals surface area contributed by atoms with E-state index in [1.807, 2.05) is 0 Å². The van der Waals surface area contributed by atoms with Gasteiger partial charge in [-0.2, -0.15) is 0 Å². The average Bonchev–Trinajstić information content (AvgIpc) is 2.28. The maximum Gasteiger partial charge on any atom is 0.135 e. The Labute approximate surface area is 108 Å². The van der Waals surface area contributed by atoms with Crippen LogP contribution >= 0.6 is 23.2 Å². The van der Waals surface area contributed by atoms with E-state index in [-0.39, 0.29) is 0 Å². The highest BCUT2D eigenvalue weighted by Crippen LogP contribution is 2.46. The number of benzene rings is 2. The number of halogens is 2. The molecule has 0 radical (unpaired) electrons. The van der Waals surface area contributed by atoms with Gasteiger partial charge in [-0.15, -0.1) is 0 Å². The fourth-order valence-corrected chi connectivity index (χ4v) is 2.40. The van der Waals surface area contributed by atoms with Crippen molar-refractivity contribution in [2.45, 2.75) is 6.10 Å². The molecule has 1 unspecified atom stereocenters. The topological polar surface area (TPSA) is 29.5 Å². The van der Waals surface area contributed by atoms with Crippen molar-refractivity contribution < 1.29 is 9.84 Å². The molecule has 4 heteroatoms. The van der Waals surface area contributed by atoms with Gasteiger partial charge in [0.05, 0.1) is 5.02 Å². The van der Waals surface area contributed by atoms with E-state index in [1.54, 1.807) is 36.4 Å². The minimum atomic E-state index is -0.778. The van der Waals surface area contributed by atoms with Gasteiger partial charge in [-0.05, 0) is 24.3 Å². The molecule has 0 fully saturated rings. The van der Waals surface area contributed by atoms with E-state index in [0.29, 0.717) is 32.7 Å². The molecular formula is C13H8Cl2O2. The predicted octanol–water partition coefficient (Wildman–Crippen LogP) is 4.18. The van der Waals surface area contributed by atoms with E-state index in [4.69, 9.17) is 27.9 Å². The maximum atomic E-state index is 10.3. The van der Waals surface area contributed by atoms with Crippen LogP contribution in [0.25, 0.3) is 0 Å². The van der Waals surface area contributed by atoms with E-state index in [1.165, 1.54) is 0 Å². The van der Waals surface area contributed by atoms with Crippen LogP contribution in [0.1, 0.15) is 17.2 Å². The van der Waals surface area contributed by atoms with Gasteiger partial charge in [-0.3, -0.25) is 0 Å². The van der Waals surface area contributed by atoms with Crippen LogP contribution in [0.2, 0.25) is 10.0 Å². The van der Waals surface area contributed by atoms with Crippen molar-refractivity contribution in [2.75, 3.05) is 0 Å². The summed E-state index contributed by atoms with van der Waals surface area (Å²) in [6, 6.07) is 10.4. The summed E-state index contributed by atoms with van der Waals surface area (Å²) >= 11 is 12.0. The summed E-state index contributed by atoms with van der Waals surface area (Å²) in [6.07, 6.45) is -0.778. The van der Waals surface area contributed by atoms with Gasteiger partial charge in [0.15, 0.2) is 0 Å². The van der Waals surface area contributed by atoms with Gasteiger partial charge in [0.2, 0.25) is 0 Å². The summed E-state index contributed by atoms with van der Waals surface area (Å²) in [5.41, 5.74) is 1.28. The highest BCUT2D eigenvalue weighted by Gasteiger charge is 2.27. The first-order valence-corrected chi connectivity index (χ1v) is 5.86. The van der Waals surface area contributed by atoms with Gasteiger partial charge in [0.1, 0.15) is 17.6 Å². The van der Waals surface area contributed by atoms with E-state index in [9.17, 15) is 5.11 Å². The van der Waals surface area contributed by atoms with Gasteiger partial charge < -0.3 is 9.84 Å². The second-order valence-electron chi connectivity index (χ2n) is 3.84. The first-order chi connectivity index (χ1) is 8.16. The first-order valence-electron chi connectivity index (χ1n) is 5.10. The monoisotopic (exact) mass is 266 g/mol. The van der Waals surface area contributed by atoms with Crippen molar-refractivity contribution in [3.63, 3.8) is 0 Å². The lowest BCUT2D eigenvalue weighted by Crippen LogP contribution is -2.10. The molecule has 0 saturated heterocycles. The summed E-state index contributed by atoms with van der Waals surface area (Å²) in [5.74, 6) is 1.14. The van der Waals surface area contributed by atoms with Gasteiger partial charge >= 0.3 is 0 Å². The van der Waals surface area contributed by atoms with Crippen LogP contribution in [0.3, 0.4) is 0 Å². The van der Waals surface area contributed by atoms with Crippen molar-refractivity contribution in [1.82, 2.24) is 0 Å². The third-order valence-corrected chi connectivity index (χ3v) is 3.34. The highest BCUT2D eigenvalue weighted by molar-refractivity contribution is 6.31. The first kappa shape index (κ1) is 10.9. The average molecular weight is 267 g/mol. The normalized spacial score (nSPS) is 17.0. The molecule has 17 heavy (non-hydrogen) atoms. The van der Waals surface area contributed by atoms with Crippen LogP contribution < -0.4 is 4.74 Å². The number of aliphatic hydroxyl groups is 1. The molecule has 0 aliphatic carbocycles. The Morgan fingerprint density at radius 1 is 1.06 bits per heavy atom. The summed E-state index contributed by atoms with van der Waals surface area (Å²) in [6.45, 7) is 0. The molecule has 0 spiro atoms. The molecule has 2 aromatic carbocycles. The Bertz CT molecular complexity index is 596. The van der Waals surface area contributed by atoms with Crippen molar-refractivity contribution in [2.24, 2.45) is 0 Å². The second-order valence-corrected chi connectivity index (χ2v) is 4.68. The number of hydrogen-bond acceptors (Lipinski definition) is 2. The SMILES string of the molecule is OC1c2ccc(Cl)cc2Oc2cccc(Cl)c21. The van der Waals surface area contributed by atoms with Crippen LogP contribution in [0, 0.1) is 0 Å². The largest absolute Gasteiger partial charge is 0.456 e. The van der Waals surface area contributed by atoms with Crippen LogP contribution in [-0.4, -0.2) is 5.11 Å². The quantitative estimate of drug-likeness (QED) is 0.775. The van der Waals surface area contributed by atoms with E-state index in [0.717, 1.165) is 0 Å². The fourth-order valence-electron chi connectivity index (χ4n) is 1.97.